The molecule has 0 saturated carbocycles. The van der Waals surface area contributed by atoms with Crippen LogP contribution in [0.5, 0.6) is 5.88 Å². The number of ether oxygens (including phenoxy) is 2. The molecule has 0 saturated heterocycles. The van der Waals surface area contributed by atoms with Crippen molar-refractivity contribution in [1.29, 1.82) is 0 Å². The van der Waals surface area contributed by atoms with E-state index < -0.39 is 17.9 Å². The van der Waals surface area contributed by atoms with Crippen molar-refractivity contribution in [1.82, 2.24) is 15.3 Å². The summed E-state index contributed by atoms with van der Waals surface area (Å²) >= 11 is 0. The van der Waals surface area contributed by atoms with Gasteiger partial charge in [0.1, 0.15) is 11.7 Å². The number of benzene rings is 1. The van der Waals surface area contributed by atoms with Crippen LogP contribution < -0.4 is 10.1 Å². The lowest BCUT2D eigenvalue weighted by Gasteiger charge is -2.17. The summed E-state index contributed by atoms with van der Waals surface area (Å²) in [6.07, 6.45) is 1.77. The number of methoxy groups -OCH3 is 2. The van der Waals surface area contributed by atoms with Crippen LogP contribution in [-0.4, -0.2) is 42.1 Å². The van der Waals surface area contributed by atoms with Gasteiger partial charge in [-0.25, -0.2) is 14.8 Å². The number of amides is 1. The van der Waals surface area contributed by atoms with E-state index in [9.17, 15) is 9.59 Å². The van der Waals surface area contributed by atoms with Gasteiger partial charge in [0.2, 0.25) is 5.88 Å². The van der Waals surface area contributed by atoms with Crippen molar-refractivity contribution in [2.24, 2.45) is 0 Å². The van der Waals surface area contributed by atoms with Gasteiger partial charge < -0.3 is 14.8 Å². The maximum absolute atomic E-state index is 12.6. The standard InChI is InChI=1S/C20H19N3O4/c1-26-19-14(7-5-11-21-19)12-17(20(25)27-2)23-18(24)16-10-9-13-6-3-4-8-15(13)22-16/h3-11,17H,12H2,1-2H3,(H,23,24)/t17-/m1/s1. The number of carbonyl (C=O) groups excluding carboxylic acids is 2. The molecule has 0 aliphatic carbocycles. The molecule has 1 aromatic carbocycles. The average molecular weight is 365 g/mol. The Balaban J connectivity index is 1.82. The van der Waals surface area contributed by atoms with Gasteiger partial charge in [-0.05, 0) is 18.2 Å². The predicted octanol–water partition coefficient (Wildman–Crippen LogP) is 2.15. The minimum absolute atomic E-state index is 0.184. The average Bonchev–Trinajstić information content (AvgIpc) is 2.72. The number of hydrogen-bond acceptors (Lipinski definition) is 6. The van der Waals surface area contributed by atoms with E-state index in [0.717, 1.165) is 5.39 Å². The summed E-state index contributed by atoms with van der Waals surface area (Å²) in [5.74, 6) is -0.626. The molecular weight excluding hydrogens is 346 g/mol. The fraction of sp³-hybridized carbons (Fsp3) is 0.200. The summed E-state index contributed by atoms with van der Waals surface area (Å²) in [7, 11) is 2.77. The number of para-hydroxylation sites is 1. The molecule has 0 radical (unpaired) electrons. The Labute approximate surface area is 156 Å². The third kappa shape index (κ3) is 4.20. The molecule has 0 aliphatic rings. The number of aromatic nitrogens is 2. The molecule has 0 aliphatic heterocycles. The Hall–Kier alpha value is -3.48. The Morgan fingerprint density at radius 1 is 1.07 bits per heavy atom. The SMILES string of the molecule is COC(=O)[C@@H](Cc1cccnc1OC)NC(=O)c1ccc2ccccc2n1. The summed E-state index contributed by atoms with van der Waals surface area (Å²) in [5, 5.41) is 3.62. The molecule has 2 aromatic heterocycles. The topological polar surface area (TPSA) is 90.4 Å². The molecule has 27 heavy (non-hydrogen) atoms. The number of nitrogens with one attached hydrogen (secondary N) is 1. The quantitative estimate of drug-likeness (QED) is 0.673. The molecule has 2 heterocycles. The Morgan fingerprint density at radius 2 is 1.89 bits per heavy atom. The summed E-state index contributed by atoms with van der Waals surface area (Å²) in [4.78, 5) is 33.3. The Bertz CT molecular complexity index is 974. The van der Waals surface area contributed by atoms with Crippen LogP contribution in [-0.2, 0) is 16.0 Å². The van der Waals surface area contributed by atoms with Crippen LogP contribution in [0.25, 0.3) is 10.9 Å². The summed E-state index contributed by atoms with van der Waals surface area (Å²) in [6.45, 7) is 0. The maximum Gasteiger partial charge on any atom is 0.328 e. The molecule has 0 unspecified atom stereocenters. The maximum atomic E-state index is 12.6. The number of nitrogens with zero attached hydrogens (tertiary/aromatic N) is 2. The van der Waals surface area contributed by atoms with Crippen molar-refractivity contribution >= 4 is 22.8 Å². The molecule has 0 fully saturated rings. The second-order valence-electron chi connectivity index (χ2n) is 5.81. The predicted molar refractivity (Wildman–Crippen MR) is 99.5 cm³/mol. The third-order valence-corrected chi connectivity index (χ3v) is 4.09. The van der Waals surface area contributed by atoms with Gasteiger partial charge in [-0.15, -0.1) is 0 Å². The lowest BCUT2D eigenvalue weighted by Crippen LogP contribution is -2.43. The molecule has 138 valence electrons. The van der Waals surface area contributed by atoms with E-state index in [-0.39, 0.29) is 12.1 Å². The molecule has 3 rings (SSSR count). The van der Waals surface area contributed by atoms with E-state index in [1.807, 2.05) is 30.3 Å². The van der Waals surface area contributed by atoms with Crippen molar-refractivity contribution in [2.75, 3.05) is 14.2 Å². The van der Waals surface area contributed by atoms with Crippen molar-refractivity contribution < 1.29 is 19.1 Å². The smallest absolute Gasteiger partial charge is 0.328 e. The van der Waals surface area contributed by atoms with Crippen LogP contribution in [0.15, 0.2) is 54.7 Å². The van der Waals surface area contributed by atoms with Crippen LogP contribution in [0.3, 0.4) is 0 Å². The molecule has 1 amide bonds. The van der Waals surface area contributed by atoms with Gasteiger partial charge in [-0.1, -0.05) is 30.3 Å². The molecular formula is C20H19N3O4. The van der Waals surface area contributed by atoms with Crippen LogP contribution in [0.4, 0.5) is 0 Å². The van der Waals surface area contributed by atoms with Crippen molar-refractivity contribution in [2.45, 2.75) is 12.5 Å². The number of esters is 1. The van der Waals surface area contributed by atoms with E-state index in [1.165, 1.54) is 14.2 Å². The molecule has 7 nitrogen and oxygen atoms in total. The van der Waals surface area contributed by atoms with Gasteiger partial charge in [-0.3, -0.25) is 4.79 Å². The van der Waals surface area contributed by atoms with Crippen molar-refractivity contribution in [3.63, 3.8) is 0 Å². The first-order chi connectivity index (χ1) is 13.1. The molecule has 1 atom stereocenters. The van der Waals surface area contributed by atoms with E-state index in [0.29, 0.717) is 17.0 Å². The monoisotopic (exact) mass is 365 g/mol. The molecule has 7 heteroatoms. The zero-order valence-electron chi connectivity index (χ0n) is 15.0. The summed E-state index contributed by atoms with van der Waals surface area (Å²) in [5.41, 5.74) is 1.61. The first kappa shape index (κ1) is 18.3. The number of fused-ring (bicyclic) bond motifs is 1. The summed E-state index contributed by atoms with van der Waals surface area (Å²) < 4.78 is 10.0. The van der Waals surface area contributed by atoms with Crippen molar-refractivity contribution in [3.8, 4) is 5.88 Å². The number of pyridine rings is 2. The second-order valence-corrected chi connectivity index (χ2v) is 5.81. The lowest BCUT2D eigenvalue weighted by atomic mass is 10.1. The number of rotatable bonds is 6. The van der Waals surface area contributed by atoms with Crippen LogP contribution in [0, 0.1) is 0 Å². The zero-order valence-corrected chi connectivity index (χ0v) is 15.0. The van der Waals surface area contributed by atoms with Gasteiger partial charge in [0.25, 0.3) is 5.91 Å². The molecule has 3 aromatic rings. The highest BCUT2D eigenvalue weighted by molar-refractivity contribution is 5.97. The highest BCUT2D eigenvalue weighted by atomic mass is 16.5. The largest absolute Gasteiger partial charge is 0.481 e. The Kier molecular flexibility index (Phi) is 5.61. The molecule has 0 bridgehead atoms. The highest BCUT2D eigenvalue weighted by Crippen LogP contribution is 2.17. The van der Waals surface area contributed by atoms with E-state index >= 15 is 0 Å². The van der Waals surface area contributed by atoms with Crippen molar-refractivity contribution in [3.05, 3.63) is 66.0 Å². The number of hydrogen-bond donors (Lipinski definition) is 1. The first-order valence-electron chi connectivity index (χ1n) is 8.34. The fourth-order valence-corrected chi connectivity index (χ4v) is 2.74. The van der Waals surface area contributed by atoms with Crippen LogP contribution >= 0.6 is 0 Å². The van der Waals surface area contributed by atoms with Gasteiger partial charge in [-0.2, -0.15) is 0 Å². The van der Waals surface area contributed by atoms with Crippen LogP contribution in [0.1, 0.15) is 16.1 Å². The minimum atomic E-state index is -0.895. The minimum Gasteiger partial charge on any atom is -0.481 e. The molecule has 1 N–H and O–H groups in total. The first-order valence-corrected chi connectivity index (χ1v) is 8.34. The Morgan fingerprint density at radius 3 is 2.67 bits per heavy atom. The number of carbonyl (C=O) groups is 2. The normalized spacial score (nSPS) is 11.6. The van der Waals surface area contributed by atoms with Gasteiger partial charge in [0.05, 0.1) is 19.7 Å². The van der Waals surface area contributed by atoms with E-state index in [2.05, 4.69) is 15.3 Å². The van der Waals surface area contributed by atoms with E-state index in [1.54, 1.807) is 24.4 Å². The van der Waals surface area contributed by atoms with Gasteiger partial charge in [0.15, 0.2) is 0 Å². The fourth-order valence-electron chi connectivity index (χ4n) is 2.74. The highest BCUT2D eigenvalue weighted by Gasteiger charge is 2.24. The van der Waals surface area contributed by atoms with Gasteiger partial charge >= 0.3 is 5.97 Å². The van der Waals surface area contributed by atoms with E-state index in [4.69, 9.17) is 9.47 Å². The summed E-state index contributed by atoms with van der Waals surface area (Å²) in [6, 6.07) is 13.5. The molecule has 0 spiro atoms. The zero-order chi connectivity index (χ0) is 19.2. The van der Waals surface area contributed by atoms with Crippen LogP contribution in [0.2, 0.25) is 0 Å². The lowest BCUT2D eigenvalue weighted by molar-refractivity contribution is -0.142. The van der Waals surface area contributed by atoms with Gasteiger partial charge in [0, 0.05) is 23.6 Å². The third-order valence-electron chi connectivity index (χ3n) is 4.09. The second kappa shape index (κ2) is 8.27.